The maximum atomic E-state index is 13.0. The average Bonchev–Trinajstić information content (AvgIpc) is 3.29. The number of nitriles is 1. The highest BCUT2D eigenvalue weighted by Crippen LogP contribution is 2.23. The van der Waals surface area contributed by atoms with Gasteiger partial charge in [-0.2, -0.15) is 5.26 Å². The Labute approximate surface area is 207 Å². The second kappa shape index (κ2) is 10.7. The minimum atomic E-state index is -4.11. The lowest BCUT2D eigenvalue weighted by Gasteiger charge is -2.20. The van der Waals surface area contributed by atoms with Crippen molar-refractivity contribution in [3.63, 3.8) is 0 Å². The highest BCUT2D eigenvalue weighted by atomic mass is 35.5. The molecule has 1 aromatic heterocycles. The van der Waals surface area contributed by atoms with Crippen LogP contribution in [-0.4, -0.2) is 34.0 Å². The van der Waals surface area contributed by atoms with Gasteiger partial charge in [0.05, 0.1) is 22.1 Å². The lowest BCUT2D eigenvalue weighted by atomic mass is 10.4. The van der Waals surface area contributed by atoms with E-state index in [2.05, 4.69) is 0 Å². The Balaban J connectivity index is 1.90. The van der Waals surface area contributed by atoms with Crippen molar-refractivity contribution >= 4 is 54.2 Å². The zero-order valence-corrected chi connectivity index (χ0v) is 21.0. The predicted molar refractivity (Wildman–Crippen MR) is 131 cm³/mol. The minimum Gasteiger partial charge on any atom is -0.370 e. The van der Waals surface area contributed by atoms with Crippen molar-refractivity contribution in [3.05, 3.63) is 92.1 Å². The van der Waals surface area contributed by atoms with Gasteiger partial charge in [-0.3, -0.25) is 0 Å². The van der Waals surface area contributed by atoms with E-state index in [0.29, 0.717) is 10.0 Å². The van der Waals surface area contributed by atoms with Crippen LogP contribution in [0.15, 0.2) is 86.9 Å². The van der Waals surface area contributed by atoms with E-state index in [0.717, 1.165) is 4.88 Å². The van der Waals surface area contributed by atoms with Gasteiger partial charge in [-0.05, 0) is 60.0 Å². The predicted octanol–water partition coefficient (Wildman–Crippen LogP) is 5.17. The number of benzene rings is 2. The highest BCUT2D eigenvalue weighted by Gasteiger charge is 2.23. The molecule has 0 N–H and O–H groups in total. The summed E-state index contributed by atoms with van der Waals surface area (Å²) in [5.41, 5.74) is 0. The summed E-state index contributed by atoms with van der Waals surface area (Å²) < 4.78 is 51.5. The Morgan fingerprint density at radius 3 is 2.03 bits per heavy atom. The van der Waals surface area contributed by atoms with Crippen molar-refractivity contribution in [2.75, 3.05) is 12.3 Å². The van der Waals surface area contributed by atoms with Crippen molar-refractivity contribution in [2.24, 2.45) is 0 Å². The van der Waals surface area contributed by atoms with Crippen LogP contribution in [0.2, 0.25) is 10.0 Å². The van der Waals surface area contributed by atoms with Crippen LogP contribution < -0.4 is 0 Å². The number of nitrogens with zero attached hydrogens (tertiary/aromatic N) is 2. The smallest absolute Gasteiger partial charge is 0.218 e. The Morgan fingerprint density at radius 2 is 1.52 bits per heavy atom. The number of thiophene rings is 1. The molecule has 33 heavy (non-hydrogen) atoms. The first-order valence-electron chi connectivity index (χ1n) is 9.49. The highest BCUT2D eigenvalue weighted by molar-refractivity contribution is 7.95. The van der Waals surface area contributed by atoms with Crippen LogP contribution >= 0.6 is 34.5 Å². The summed E-state index contributed by atoms with van der Waals surface area (Å²) in [6, 6.07) is 16.7. The van der Waals surface area contributed by atoms with Crippen molar-refractivity contribution in [3.8, 4) is 6.07 Å². The fourth-order valence-electron chi connectivity index (χ4n) is 2.85. The van der Waals surface area contributed by atoms with Crippen molar-refractivity contribution in [2.45, 2.75) is 16.3 Å². The molecule has 0 aliphatic carbocycles. The molecular weight excluding hydrogens is 523 g/mol. The van der Waals surface area contributed by atoms with Gasteiger partial charge in [-0.1, -0.05) is 29.3 Å². The SMILES string of the molecule is N#CC(=CN(CCS(=O)(=O)c1ccc(Cl)cc1)Cc1cccs1)S(=O)(=O)c1ccc(Cl)cc1. The topological polar surface area (TPSA) is 95.3 Å². The lowest BCUT2D eigenvalue weighted by Crippen LogP contribution is -2.25. The molecule has 1 heterocycles. The Morgan fingerprint density at radius 1 is 0.939 bits per heavy atom. The first kappa shape index (κ1) is 25.3. The summed E-state index contributed by atoms with van der Waals surface area (Å²) >= 11 is 13.1. The van der Waals surface area contributed by atoms with Gasteiger partial charge in [-0.15, -0.1) is 11.3 Å². The second-order valence-electron chi connectivity index (χ2n) is 6.89. The quantitative estimate of drug-likeness (QED) is 0.347. The third kappa shape index (κ3) is 6.59. The van der Waals surface area contributed by atoms with Crippen molar-refractivity contribution in [1.29, 1.82) is 5.26 Å². The van der Waals surface area contributed by atoms with Crippen LogP contribution in [0, 0.1) is 11.3 Å². The molecule has 3 rings (SSSR count). The number of hydrogen-bond donors (Lipinski definition) is 0. The normalized spacial score (nSPS) is 12.3. The Kier molecular flexibility index (Phi) is 8.21. The standard InChI is InChI=1S/C22H18Cl2N2O4S3/c23-17-3-7-20(8-4-17)32(27,28)13-11-26(15-19-2-1-12-31-19)16-22(14-25)33(29,30)21-9-5-18(24)6-10-21/h1-10,12,16H,11,13,15H2. The van der Waals surface area contributed by atoms with E-state index in [-0.39, 0.29) is 28.6 Å². The fraction of sp³-hybridized carbons (Fsp3) is 0.136. The number of allylic oxidation sites excluding steroid dienone is 1. The summed E-state index contributed by atoms with van der Waals surface area (Å²) in [6.45, 7) is 0.222. The van der Waals surface area contributed by atoms with Gasteiger partial charge >= 0.3 is 0 Å². The van der Waals surface area contributed by atoms with Gasteiger partial charge in [0.2, 0.25) is 9.84 Å². The first-order chi connectivity index (χ1) is 15.6. The summed E-state index contributed by atoms with van der Waals surface area (Å²) in [5, 5.41) is 12.2. The molecule has 3 aromatic rings. The van der Waals surface area contributed by atoms with Gasteiger partial charge in [0.25, 0.3) is 0 Å². The largest absolute Gasteiger partial charge is 0.370 e. The molecule has 0 fully saturated rings. The molecule has 0 unspecified atom stereocenters. The third-order valence-corrected chi connectivity index (χ3v) is 9.33. The van der Waals surface area contributed by atoms with E-state index in [1.165, 1.54) is 71.0 Å². The van der Waals surface area contributed by atoms with E-state index in [4.69, 9.17) is 23.2 Å². The third-order valence-electron chi connectivity index (χ3n) is 4.58. The van der Waals surface area contributed by atoms with Crippen LogP contribution in [0.25, 0.3) is 0 Å². The monoisotopic (exact) mass is 540 g/mol. The summed E-state index contributed by atoms with van der Waals surface area (Å²) in [7, 11) is -7.77. The fourth-order valence-corrected chi connectivity index (χ4v) is 6.25. The first-order valence-corrected chi connectivity index (χ1v) is 14.3. The minimum absolute atomic E-state index is 0.0236. The molecule has 0 aliphatic rings. The Bertz CT molecular complexity index is 1380. The van der Waals surface area contributed by atoms with Gasteiger partial charge in [0.15, 0.2) is 14.7 Å². The van der Waals surface area contributed by atoms with Gasteiger partial charge in [0, 0.05) is 27.7 Å². The molecule has 2 aromatic carbocycles. The summed E-state index contributed by atoms with van der Waals surface area (Å²) in [5.74, 6) is -0.282. The van der Waals surface area contributed by atoms with Crippen LogP contribution in [0.5, 0.6) is 0 Å². The molecule has 0 saturated carbocycles. The van der Waals surface area contributed by atoms with E-state index < -0.39 is 24.6 Å². The van der Waals surface area contributed by atoms with Crippen LogP contribution in [0.3, 0.4) is 0 Å². The average molecular weight is 542 g/mol. The van der Waals surface area contributed by atoms with Crippen molar-refractivity contribution in [1.82, 2.24) is 4.90 Å². The summed E-state index contributed by atoms with van der Waals surface area (Å²) in [4.78, 5) is 1.94. The molecular formula is C22H18Cl2N2O4S3. The van der Waals surface area contributed by atoms with Crippen LogP contribution in [-0.2, 0) is 26.2 Å². The van der Waals surface area contributed by atoms with E-state index >= 15 is 0 Å². The molecule has 0 radical (unpaired) electrons. The molecule has 0 atom stereocenters. The number of rotatable bonds is 9. The Hall–Kier alpha value is -2.35. The van der Waals surface area contributed by atoms with Crippen LogP contribution in [0.1, 0.15) is 4.88 Å². The maximum absolute atomic E-state index is 13.0. The molecule has 0 spiro atoms. The van der Waals surface area contributed by atoms with Gasteiger partial charge in [0.1, 0.15) is 6.07 Å². The zero-order valence-electron chi connectivity index (χ0n) is 17.1. The van der Waals surface area contributed by atoms with E-state index in [1.807, 2.05) is 17.5 Å². The maximum Gasteiger partial charge on any atom is 0.218 e. The molecule has 0 amide bonds. The molecule has 0 bridgehead atoms. The molecule has 172 valence electrons. The second-order valence-corrected chi connectivity index (χ2v) is 12.8. The number of hydrogen-bond acceptors (Lipinski definition) is 7. The zero-order chi connectivity index (χ0) is 24.1. The molecule has 0 aliphatic heterocycles. The lowest BCUT2D eigenvalue weighted by molar-refractivity contribution is 0.392. The molecule has 6 nitrogen and oxygen atoms in total. The van der Waals surface area contributed by atoms with E-state index in [1.54, 1.807) is 6.07 Å². The number of sulfone groups is 2. The summed E-state index contributed by atoms with van der Waals surface area (Å²) in [6.07, 6.45) is 1.20. The van der Waals surface area contributed by atoms with E-state index in [9.17, 15) is 22.1 Å². The van der Waals surface area contributed by atoms with Crippen LogP contribution in [0.4, 0.5) is 0 Å². The molecule has 0 saturated heterocycles. The van der Waals surface area contributed by atoms with Gasteiger partial charge in [-0.25, -0.2) is 16.8 Å². The van der Waals surface area contributed by atoms with Gasteiger partial charge < -0.3 is 4.90 Å². The van der Waals surface area contributed by atoms with Crippen molar-refractivity contribution < 1.29 is 16.8 Å². The molecule has 11 heteroatoms. The number of halogens is 2.